The fourth-order valence-corrected chi connectivity index (χ4v) is 1.08. The first kappa shape index (κ1) is 9.60. The Bertz CT molecular complexity index is 409. The molecular weight excluding hydrogens is 194 g/mol. The lowest BCUT2D eigenvalue weighted by molar-refractivity contribution is 0.194. The summed E-state index contributed by atoms with van der Waals surface area (Å²) >= 11 is 0. The Balaban J connectivity index is 2.11. The molecule has 0 bridgehead atoms. The predicted octanol–water partition coefficient (Wildman–Crippen LogP) is 0.997. The minimum Gasteiger partial charge on any atom is -0.387 e. The number of aliphatic hydroxyl groups excluding tert-OH is 1. The van der Waals surface area contributed by atoms with E-state index < -0.39 is 6.10 Å². The van der Waals surface area contributed by atoms with E-state index in [2.05, 4.69) is 25.5 Å². The molecule has 0 saturated carbocycles. The zero-order valence-electron chi connectivity index (χ0n) is 8.18. The van der Waals surface area contributed by atoms with E-state index in [1.165, 1.54) is 6.20 Å². The molecule has 0 fully saturated rings. The van der Waals surface area contributed by atoms with Crippen LogP contribution in [0.15, 0.2) is 24.7 Å². The van der Waals surface area contributed by atoms with Crippen molar-refractivity contribution in [1.29, 1.82) is 0 Å². The zero-order valence-corrected chi connectivity index (χ0v) is 8.18. The second-order valence-corrected chi connectivity index (χ2v) is 3.10. The maximum Gasteiger partial charge on any atom is 0.150 e. The number of aromatic amines is 1. The summed E-state index contributed by atoms with van der Waals surface area (Å²) in [6, 6.07) is 1.78. The van der Waals surface area contributed by atoms with Gasteiger partial charge in [-0.2, -0.15) is 5.10 Å². The molecule has 0 amide bonds. The molecular formula is C9H11N5O. The van der Waals surface area contributed by atoms with Crippen LogP contribution in [0, 0.1) is 0 Å². The van der Waals surface area contributed by atoms with Gasteiger partial charge in [-0.15, -0.1) is 0 Å². The molecule has 78 valence electrons. The van der Waals surface area contributed by atoms with Crippen LogP contribution in [0.4, 0.5) is 11.6 Å². The van der Waals surface area contributed by atoms with E-state index in [4.69, 9.17) is 0 Å². The third-order valence-corrected chi connectivity index (χ3v) is 1.86. The SMILES string of the molecule is CC(O)c1cnc(Nc2ccn[nH]2)cn1. The molecule has 0 aliphatic rings. The number of anilines is 2. The lowest BCUT2D eigenvalue weighted by Crippen LogP contribution is -1.99. The molecule has 0 aliphatic carbocycles. The van der Waals surface area contributed by atoms with Gasteiger partial charge in [0.1, 0.15) is 11.6 Å². The van der Waals surface area contributed by atoms with Crippen LogP contribution in [-0.2, 0) is 0 Å². The summed E-state index contributed by atoms with van der Waals surface area (Å²) in [6.07, 6.45) is 4.13. The first-order valence-corrected chi connectivity index (χ1v) is 4.52. The fourth-order valence-electron chi connectivity index (χ4n) is 1.08. The van der Waals surface area contributed by atoms with Crippen molar-refractivity contribution in [2.45, 2.75) is 13.0 Å². The first-order valence-electron chi connectivity index (χ1n) is 4.52. The van der Waals surface area contributed by atoms with E-state index in [-0.39, 0.29) is 0 Å². The van der Waals surface area contributed by atoms with Crippen molar-refractivity contribution < 1.29 is 5.11 Å². The predicted molar refractivity (Wildman–Crippen MR) is 54.5 cm³/mol. The number of hydrogen-bond donors (Lipinski definition) is 3. The van der Waals surface area contributed by atoms with Gasteiger partial charge >= 0.3 is 0 Å². The van der Waals surface area contributed by atoms with Crippen molar-refractivity contribution in [3.8, 4) is 0 Å². The third-order valence-electron chi connectivity index (χ3n) is 1.86. The highest BCUT2D eigenvalue weighted by atomic mass is 16.3. The number of rotatable bonds is 3. The lowest BCUT2D eigenvalue weighted by atomic mass is 10.3. The van der Waals surface area contributed by atoms with Crippen LogP contribution in [0.2, 0.25) is 0 Å². The molecule has 1 atom stereocenters. The zero-order chi connectivity index (χ0) is 10.7. The van der Waals surface area contributed by atoms with Gasteiger partial charge in [0.25, 0.3) is 0 Å². The van der Waals surface area contributed by atoms with Crippen molar-refractivity contribution in [2.75, 3.05) is 5.32 Å². The van der Waals surface area contributed by atoms with Crippen molar-refractivity contribution in [1.82, 2.24) is 20.2 Å². The van der Waals surface area contributed by atoms with Crippen LogP contribution in [0.25, 0.3) is 0 Å². The smallest absolute Gasteiger partial charge is 0.150 e. The summed E-state index contributed by atoms with van der Waals surface area (Å²) in [5, 5.41) is 18.7. The fraction of sp³-hybridized carbons (Fsp3) is 0.222. The van der Waals surface area contributed by atoms with Gasteiger partial charge in [0.2, 0.25) is 0 Å². The number of H-pyrrole nitrogens is 1. The molecule has 2 heterocycles. The van der Waals surface area contributed by atoms with Crippen molar-refractivity contribution in [3.05, 3.63) is 30.4 Å². The van der Waals surface area contributed by atoms with Gasteiger partial charge in [0.05, 0.1) is 30.4 Å². The Hall–Kier alpha value is -1.95. The molecule has 1 unspecified atom stereocenters. The second-order valence-electron chi connectivity index (χ2n) is 3.10. The maximum absolute atomic E-state index is 9.23. The molecule has 2 rings (SSSR count). The second kappa shape index (κ2) is 4.05. The topological polar surface area (TPSA) is 86.7 Å². The van der Waals surface area contributed by atoms with E-state index in [0.717, 1.165) is 5.82 Å². The van der Waals surface area contributed by atoms with Gasteiger partial charge in [0.15, 0.2) is 0 Å². The van der Waals surface area contributed by atoms with Crippen molar-refractivity contribution >= 4 is 11.6 Å². The Morgan fingerprint density at radius 3 is 2.80 bits per heavy atom. The molecule has 6 nitrogen and oxygen atoms in total. The van der Waals surface area contributed by atoms with Gasteiger partial charge in [-0.25, -0.2) is 4.98 Å². The molecule has 3 N–H and O–H groups in total. The summed E-state index contributed by atoms with van der Waals surface area (Å²) in [4.78, 5) is 8.14. The van der Waals surface area contributed by atoms with Crippen LogP contribution in [0.5, 0.6) is 0 Å². The Morgan fingerprint density at radius 1 is 1.40 bits per heavy atom. The Kier molecular flexibility index (Phi) is 2.59. The minimum absolute atomic E-state index is 0.546. The standard InChI is InChI=1S/C9H11N5O/c1-6(15)7-4-11-9(5-10-7)13-8-2-3-12-14-8/h2-6,15H,1H3,(H2,11,12,13,14). The molecule has 0 aromatic carbocycles. The van der Waals surface area contributed by atoms with Gasteiger partial charge in [-0.3, -0.25) is 10.1 Å². The summed E-state index contributed by atoms with van der Waals surface area (Å²) in [6.45, 7) is 1.64. The number of nitrogens with zero attached hydrogens (tertiary/aromatic N) is 3. The van der Waals surface area contributed by atoms with Crippen LogP contribution >= 0.6 is 0 Å². The van der Waals surface area contributed by atoms with E-state index in [9.17, 15) is 5.11 Å². The molecule has 0 spiro atoms. The monoisotopic (exact) mass is 205 g/mol. The average Bonchev–Trinajstić information content (AvgIpc) is 2.71. The molecule has 15 heavy (non-hydrogen) atoms. The van der Waals surface area contributed by atoms with Crippen LogP contribution in [0.1, 0.15) is 18.7 Å². The summed E-state index contributed by atoms with van der Waals surface area (Å²) in [7, 11) is 0. The minimum atomic E-state index is -0.598. The number of aliphatic hydroxyl groups is 1. The number of hydrogen-bond acceptors (Lipinski definition) is 5. The highest BCUT2D eigenvalue weighted by molar-refractivity contribution is 5.49. The largest absolute Gasteiger partial charge is 0.387 e. The highest BCUT2D eigenvalue weighted by Gasteiger charge is 2.03. The summed E-state index contributed by atoms with van der Waals surface area (Å²) < 4.78 is 0. The molecule has 0 saturated heterocycles. The molecule has 2 aromatic heterocycles. The molecule has 6 heteroatoms. The first-order chi connectivity index (χ1) is 7.25. The van der Waals surface area contributed by atoms with Gasteiger partial charge in [0, 0.05) is 6.07 Å². The quantitative estimate of drug-likeness (QED) is 0.695. The van der Waals surface area contributed by atoms with Crippen LogP contribution in [0.3, 0.4) is 0 Å². The summed E-state index contributed by atoms with van der Waals surface area (Å²) in [5.74, 6) is 1.35. The molecule has 2 aromatic rings. The van der Waals surface area contributed by atoms with Crippen molar-refractivity contribution in [2.24, 2.45) is 0 Å². The van der Waals surface area contributed by atoms with Crippen LogP contribution < -0.4 is 5.32 Å². The van der Waals surface area contributed by atoms with Crippen LogP contribution in [-0.4, -0.2) is 25.3 Å². The molecule has 0 aliphatic heterocycles. The van der Waals surface area contributed by atoms with E-state index in [1.54, 1.807) is 25.4 Å². The van der Waals surface area contributed by atoms with E-state index in [0.29, 0.717) is 11.5 Å². The third kappa shape index (κ3) is 2.29. The average molecular weight is 205 g/mol. The van der Waals surface area contributed by atoms with Crippen molar-refractivity contribution in [3.63, 3.8) is 0 Å². The summed E-state index contributed by atoms with van der Waals surface area (Å²) in [5.41, 5.74) is 0.546. The maximum atomic E-state index is 9.23. The normalized spacial score (nSPS) is 12.4. The van der Waals surface area contributed by atoms with Gasteiger partial charge in [-0.05, 0) is 6.92 Å². The number of nitrogens with one attached hydrogen (secondary N) is 2. The lowest BCUT2D eigenvalue weighted by Gasteiger charge is -2.04. The van der Waals surface area contributed by atoms with E-state index >= 15 is 0 Å². The van der Waals surface area contributed by atoms with Gasteiger partial charge < -0.3 is 10.4 Å². The van der Waals surface area contributed by atoms with E-state index in [1.807, 2.05) is 0 Å². The Morgan fingerprint density at radius 2 is 2.27 bits per heavy atom. The van der Waals surface area contributed by atoms with Gasteiger partial charge in [-0.1, -0.05) is 0 Å². The Labute approximate surface area is 86.4 Å². The highest BCUT2D eigenvalue weighted by Crippen LogP contribution is 2.12. The molecule has 0 radical (unpaired) electrons. The number of aromatic nitrogens is 4.